The van der Waals surface area contributed by atoms with Crippen LogP contribution in [0.5, 0.6) is 5.75 Å². The summed E-state index contributed by atoms with van der Waals surface area (Å²) >= 11 is 0. The van der Waals surface area contributed by atoms with Gasteiger partial charge in [0.1, 0.15) is 11.5 Å². The summed E-state index contributed by atoms with van der Waals surface area (Å²) in [6.45, 7) is 0.818. The van der Waals surface area contributed by atoms with E-state index in [9.17, 15) is 19.5 Å². The monoisotopic (exact) mass is 438 g/mol. The van der Waals surface area contributed by atoms with Gasteiger partial charge in [-0.2, -0.15) is 0 Å². The van der Waals surface area contributed by atoms with Crippen LogP contribution in [0.2, 0.25) is 0 Å². The molecule has 0 aromatic heterocycles. The molecule has 32 heavy (non-hydrogen) atoms. The van der Waals surface area contributed by atoms with Crippen molar-refractivity contribution in [3.8, 4) is 5.75 Å². The number of benzene rings is 2. The third-order valence-corrected chi connectivity index (χ3v) is 5.32. The number of ketones is 1. The number of hydrogen-bond acceptors (Lipinski definition) is 7. The van der Waals surface area contributed by atoms with Gasteiger partial charge in [0, 0.05) is 18.7 Å². The van der Waals surface area contributed by atoms with Crippen molar-refractivity contribution in [1.29, 1.82) is 0 Å². The number of aliphatic hydroxyl groups excluding tert-OH is 1. The quantitative estimate of drug-likeness (QED) is 0.307. The third kappa shape index (κ3) is 4.50. The zero-order valence-corrected chi connectivity index (χ0v) is 18.5. The van der Waals surface area contributed by atoms with Gasteiger partial charge >= 0.3 is 5.97 Å². The molecule has 1 saturated heterocycles. The van der Waals surface area contributed by atoms with Gasteiger partial charge in [-0.3, -0.25) is 9.59 Å². The number of rotatable bonds is 7. The van der Waals surface area contributed by atoms with Crippen molar-refractivity contribution < 1.29 is 29.0 Å². The number of carbonyl (C=O) groups is 3. The largest absolute Gasteiger partial charge is 0.507 e. The average Bonchev–Trinajstić information content (AvgIpc) is 3.06. The molecule has 0 aliphatic carbocycles. The van der Waals surface area contributed by atoms with Crippen LogP contribution in [-0.4, -0.2) is 74.0 Å². The van der Waals surface area contributed by atoms with Crippen molar-refractivity contribution in [2.24, 2.45) is 0 Å². The number of aliphatic hydroxyl groups is 1. The molecular formula is C24H26N2O6. The molecule has 0 radical (unpaired) electrons. The van der Waals surface area contributed by atoms with Crippen LogP contribution in [0.25, 0.3) is 5.76 Å². The summed E-state index contributed by atoms with van der Waals surface area (Å²) in [6.07, 6.45) is 0. The van der Waals surface area contributed by atoms with Gasteiger partial charge in [-0.25, -0.2) is 4.79 Å². The number of ether oxygens (including phenoxy) is 2. The molecule has 2 aromatic rings. The van der Waals surface area contributed by atoms with E-state index >= 15 is 0 Å². The van der Waals surface area contributed by atoms with Gasteiger partial charge in [0.25, 0.3) is 11.7 Å². The van der Waals surface area contributed by atoms with E-state index in [4.69, 9.17) is 9.47 Å². The molecule has 1 fully saturated rings. The molecule has 1 aliphatic heterocycles. The number of likely N-dealkylation sites (N-methyl/N-ethyl adjacent to an activating group) is 1. The lowest BCUT2D eigenvalue weighted by Crippen LogP contribution is -2.35. The SMILES string of the molecule is COC(=O)c1ccc([C@H]2/C(=C(\O)c3cccc(OC)c3)C(=O)C(=O)N2CCN(C)C)cc1. The smallest absolute Gasteiger partial charge is 0.337 e. The van der Waals surface area contributed by atoms with Gasteiger partial charge in [-0.1, -0.05) is 24.3 Å². The highest BCUT2D eigenvalue weighted by molar-refractivity contribution is 6.46. The molecule has 1 atom stereocenters. The van der Waals surface area contributed by atoms with E-state index in [0.717, 1.165) is 0 Å². The van der Waals surface area contributed by atoms with E-state index in [2.05, 4.69) is 0 Å². The molecule has 0 unspecified atom stereocenters. The Morgan fingerprint density at radius 2 is 1.75 bits per heavy atom. The van der Waals surface area contributed by atoms with Gasteiger partial charge < -0.3 is 24.4 Å². The van der Waals surface area contributed by atoms with E-state index in [-0.39, 0.29) is 17.9 Å². The number of likely N-dealkylation sites (tertiary alicyclic amines) is 1. The van der Waals surface area contributed by atoms with E-state index in [0.29, 0.717) is 29.0 Å². The van der Waals surface area contributed by atoms with Crippen molar-refractivity contribution in [2.75, 3.05) is 41.4 Å². The third-order valence-electron chi connectivity index (χ3n) is 5.32. The van der Waals surface area contributed by atoms with Crippen LogP contribution < -0.4 is 4.74 Å². The standard InChI is InChI=1S/C24H26N2O6/c1-25(2)12-13-26-20(15-8-10-16(11-9-15)24(30)32-4)19(22(28)23(26)29)21(27)17-6-5-7-18(14-17)31-3/h5-11,14,20,27H,12-13H2,1-4H3/b21-19+/t20-/m0/s1. The van der Waals surface area contributed by atoms with Crippen molar-refractivity contribution in [3.05, 3.63) is 70.8 Å². The number of hydrogen-bond donors (Lipinski definition) is 1. The molecule has 1 aliphatic rings. The highest BCUT2D eigenvalue weighted by Crippen LogP contribution is 2.39. The molecule has 3 rings (SSSR count). The van der Waals surface area contributed by atoms with Crippen molar-refractivity contribution in [2.45, 2.75) is 6.04 Å². The van der Waals surface area contributed by atoms with E-state index in [1.54, 1.807) is 48.5 Å². The topological polar surface area (TPSA) is 96.4 Å². The van der Waals surface area contributed by atoms with Crippen LogP contribution in [0.15, 0.2) is 54.1 Å². The summed E-state index contributed by atoms with van der Waals surface area (Å²) in [6, 6.07) is 12.3. The average molecular weight is 438 g/mol. The number of nitrogens with zero attached hydrogens (tertiary/aromatic N) is 2. The van der Waals surface area contributed by atoms with Crippen molar-refractivity contribution in [3.63, 3.8) is 0 Å². The normalized spacial score (nSPS) is 17.7. The van der Waals surface area contributed by atoms with Gasteiger partial charge in [0.2, 0.25) is 0 Å². The fraction of sp³-hybridized carbons (Fsp3) is 0.292. The molecule has 8 heteroatoms. The number of methoxy groups -OCH3 is 2. The summed E-state index contributed by atoms with van der Waals surface area (Å²) in [5.41, 5.74) is 1.30. The first-order valence-corrected chi connectivity index (χ1v) is 10.0. The summed E-state index contributed by atoms with van der Waals surface area (Å²) in [4.78, 5) is 41.1. The Morgan fingerprint density at radius 3 is 2.34 bits per heavy atom. The Bertz CT molecular complexity index is 1060. The molecule has 0 saturated carbocycles. The Morgan fingerprint density at radius 1 is 1.06 bits per heavy atom. The van der Waals surface area contributed by atoms with Gasteiger partial charge in [0.05, 0.1) is 31.4 Å². The lowest BCUT2D eigenvalue weighted by Gasteiger charge is -2.26. The number of Topliss-reactive ketones (excluding diaryl/α,β-unsaturated/α-hetero) is 1. The summed E-state index contributed by atoms with van der Waals surface area (Å²) in [5, 5.41) is 11.1. The van der Waals surface area contributed by atoms with E-state index in [1.165, 1.54) is 19.1 Å². The molecule has 1 amide bonds. The predicted octanol–water partition coefficient (Wildman–Crippen LogP) is 2.47. The summed E-state index contributed by atoms with van der Waals surface area (Å²) < 4.78 is 9.95. The van der Waals surface area contributed by atoms with Crippen LogP contribution in [-0.2, 0) is 14.3 Å². The first-order valence-electron chi connectivity index (χ1n) is 10.0. The Labute approximate surface area is 186 Å². The molecule has 1 heterocycles. The fourth-order valence-corrected chi connectivity index (χ4v) is 3.61. The van der Waals surface area contributed by atoms with Crippen LogP contribution in [0.1, 0.15) is 27.5 Å². The summed E-state index contributed by atoms with van der Waals surface area (Å²) in [5.74, 6) is -1.70. The zero-order chi connectivity index (χ0) is 23.4. The molecular weight excluding hydrogens is 412 g/mol. The number of carbonyl (C=O) groups excluding carboxylic acids is 3. The van der Waals surface area contributed by atoms with Crippen LogP contribution in [0.3, 0.4) is 0 Å². The maximum atomic E-state index is 13.0. The van der Waals surface area contributed by atoms with Gasteiger partial charge in [-0.15, -0.1) is 0 Å². The second-order valence-corrected chi connectivity index (χ2v) is 7.64. The second kappa shape index (κ2) is 9.65. The zero-order valence-electron chi connectivity index (χ0n) is 18.5. The van der Waals surface area contributed by atoms with Crippen LogP contribution in [0.4, 0.5) is 0 Å². The number of amides is 1. The molecule has 0 bridgehead atoms. The van der Waals surface area contributed by atoms with Crippen molar-refractivity contribution >= 4 is 23.4 Å². The highest BCUT2D eigenvalue weighted by Gasteiger charge is 2.45. The minimum absolute atomic E-state index is 0.00664. The molecule has 2 aromatic carbocycles. The van der Waals surface area contributed by atoms with E-state index < -0.39 is 23.7 Å². The van der Waals surface area contributed by atoms with Gasteiger partial charge in [0.15, 0.2) is 0 Å². The minimum Gasteiger partial charge on any atom is -0.507 e. The van der Waals surface area contributed by atoms with E-state index in [1.807, 2.05) is 19.0 Å². The lowest BCUT2D eigenvalue weighted by molar-refractivity contribution is -0.140. The first-order chi connectivity index (χ1) is 15.3. The summed E-state index contributed by atoms with van der Waals surface area (Å²) in [7, 11) is 6.53. The molecule has 8 nitrogen and oxygen atoms in total. The molecule has 0 spiro atoms. The second-order valence-electron chi connectivity index (χ2n) is 7.64. The van der Waals surface area contributed by atoms with Gasteiger partial charge in [-0.05, 0) is 43.9 Å². The highest BCUT2D eigenvalue weighted by atomic mass is 16.5. The maximum absolute atomic E-state index is 13.0. The van der Waals surface area contributed by atoms with Crippen LogP contribution in [0, 0.1) is 0 Å². The maximum Gasteiger partial charge on any atom is 0.337 e. The lowest BCUT2D eigenvalue weighted by atomic mass is 9.94. The van der Waals surface area contributed by atoms with Crippen LogP contribution >= 0.6 is 0 Å². The number of esters is 1. The Kier molecular flexibility index (Phi) is 6.95. The first kappa shape index (κ1) is 23.0. The molecule has 1 N–H and O–H groups in total. The fourth-order valence-electron chi connectivity index (χ4n) is 3.61. The minimum atomic E-state index is -0.798. The Hall–Kier alpha value is -3.65. The molecule has 168 valence electrons. The Balaban J connectivity index is 2.13. The van der Waals surface area contributed by atoms with Crippen molar-refractivity contribution in [1.82, 2.24) is 9.80 Å². The predicted molar refractivity (Wildman–Crippen MR) is 118 cm³/mol.